The van der Waals surface area contributed by atoms with Crippen molar-refractivity contribution in [3.63, 3.8) is 0 Å². The molecule has 0 fully saturated rings. The van der Waals surface area contributed by atoms with Gasteiger partial charge in [0.2, 0.25) is 0 Å². The third kappa shape index (κ3) is 4.94. The number of esters is 1. The highest BCUT2D eigenvalue weighted by molar-refractivity contribution is 9.10. The van der Waals surface area contributed by atoms with E-state index in [1.54, 1.807) is 24.3 Å². The van der Waals surface area contributed by atoms with Crippen LogP contribution in [0.25, 0.3) is 0 Å². The Bertz CT molecular complexity index is 829. The van der Waals surface area contributed by atoms with E-state index in [0.29, 0.717) is 17.9 Å². The number of ether oxygens (including phenoxy) is 2. The number of halogens is 1. The van der Waals surface area contributed by atoms with Gasteiger partial charge in [-0.05, 0) is 35.9 Å². The zero-order valence-electron chi connectivity index (χ0n) is 13.5. The summed E-state index contributed by atoms with van der Waals surface area (Å²) in [5.74, 6) is 0.358. The first-order valence-corrected chi connectivity index (χ1v) is 8.69. The summed E-state index contributed by atoms with van der Waals surface area (Å²) in [5.41, 5.74) is 2.53. The van der Waals surface area contributed by atoms with Crippen molar-refractivity contribution in [2.24, 2.45) is 0 Å². The molecule has 126 valence electrons. The first-order chi connectivity index (χ1) is 12.2. The molecule has 3 nitrogen and oxygen atoms in total. The zero-order chi connectivity index (χ0) is 17.5. The minimum absolute atomic E-state index is 0.229. The smallest absolute Gasteiger partial charge is 0.338 e. The Kier molecular flexibility index (Phi) is 5.86. The van der Waals surface area contributed by atoms with Gasteiger partial charge < -0.3 is 9.47 Å². The molecule has 25 heavy (non-hydrogen) atoms. The summed E-state index contributed by atoms with van der Waals surface area (Å²) in [6.07, 6.45) is 0. The molecule has 3 rings (SSSR count). The first-order valence-electron chi connectivity index (χ1n) is 7.90. The molecule has 3 aromatic carbocycles. The van der Waals surface area contributed by atoms with Gasteiger partial charge in [-0.15, -0.1) is 0 Å². The van der Waals surface area contributed by atoms with Crippen molar-refractivity contribution in [1.29, 1.82) is 0 Å². The minimum Gasteiger partial charge on any atom is -0.489 e. The molecule has 0 spiro atoms. The maximum atomic E-state index is 12.1. The molecule has 0 N–H and O–H groups in total. The number of hydrogen-bond acceptors (Lipinski definition) is 3. The summed E-state index contributed by atoms with van der Waals surface area (Å²) in [6, 6.07) is 24.6. The number of hydrogen-bond donors (Lipinski definition) is 0. The van der Waals surface area contributed by atoms with Gasteiger partial charge in [-0.3, -0.25) is 0 Å². The summed E-state index contributed by atoms with van der Waals surface area (Å²) in [7, 11) is 0. The predicted molar refractivity (Wildman–Crippen MR) is 100 cm³/mol. The van der Waals surface area contributed by atoms with Gasteiger partial charge in [-0.1, -0.05) is 64.5 Å². The second kappa shape index (κ2) is 8.49. The van der Waals surface area contributed by atoms with E-state index in [9.17, 15) is 4.79 Å². The van der Waals surface area contributed by atoms with Crippen LogP contribution in [-0.2, 0) is 18.0 Å². The SMILES string of the molecule is O=C(OCc1ccccc1Br)c1ccc(OCc2ccccc2)cc1. The molecular formula is C21H17BrO3. The highest BCUT2D eigenvalue weighted by Gasteiger charge is 2.09. The van der Waals surface area contributed by atoms with Crippen LogP contribution < -0.4 is 4.74 Å². The van der Waals surface area contributed by atoms with Crippen molar-refractivity contribution in [2.45, 2.75) is 13.2 Å². The Morgan fingerprint density at radius 2 is 1.48 bits per heavy atom. The molecule has 0 bridgehead atoms. The van der Waals surface area contributed by atoms with Gasteiger partial charge in [0.05, 0.1) is 5.56 Å². The summed E-state index contributed by atoms with van der Waals surface area (Å²) in [6.45, 7) is 0.721. The van der Waals surface area contributed by atoms with E-state index in [0.717, 1.165) is 15.6 Å². The molecule has 0 amide bonds. The molecule has 0 saturated carbocycles. The van der Waals surface area contributed by atoms with Gasteiger partial charge in [0.25, 0.3) is 0 Å². The summed E-state index contributed by atoms with van der Waals surface area (Å²) < 4.78 is 12.0. The van der Waals surface area contributed by atoms with E-state index in [-0.39, 0.29) is 12.6 Å². The normalized spacial score (nSPS) is 10.3. The Labute approximate surface area is 155 Å². The molecular weight excluding hydrogens is 380 g/mol. The number of carbonyl (C=O) groups excluding carboxylic acids is 1. The number of rotatable bonds is 6. The van der Waals surface area contributed by atoms with Crippen molar-refractivity contribution < 1.29 is 14.3 Å². The average Bonchev–Trinajstić information content (AvgIpc) is 2.67. The highest BCUT2D eigenvalue weighted by atomic mass is 79.9. The van der Waals surface area contributed by atoms with Crippen molar-refractivity contribution in [3.8, 4) is 5.75 Å². The minimum atomic E-state index is -0.356. The van der Waals surface area contributed by atoms with Crippen molar-refractivity contribution in [3.05, 3.63) is 100 Å². The molecule has 0 aliphatic carbocycles. The van der Waals surface area contributed by atoms with Crippen LogP contribution in [0.1, 0.15) is 21.5 Å². The molecule has 0 atom stereocenters. The fraction of sp³-hybridized carbons (Fsp3) is 0.0952. The van der Waals surface area contributed by atoms with Crippen LogP contribution in [0.3, 0.4) is 0 Å². The van der Waals surface area contributed by atoms with Crippen molar-refractivity contribution >= 4 is 21.9 Å². The number of carbonyl (C=O) groups is 1. The predicted octanol–water partition coefficient (Wildman–Crippen LogP) is 5.39. The quantitative estimate of drug-likeness (QED) is 0.524. The summed E-state index contributed by atoms with van der Waals surface area (Å²) in [4.78, 5) is 12.1. The van der Waals surface area contributed by atoms with Crippen molar-refractivity contribution in [2.75, 3.05) is 0 Å². The molecule has 0 heterocycles. The Morgan fingerprint density at radius 1 is 0.800 bits per heavy atom. The molecule has 0 aliphatic heterocycles. The second-order valence-corrected chi connectivity index (χ2v) is 6.32. The van der Waals surface area contributed by atoms with E-state index in [1.165, 1.54) is 0 Å². The van der Waals surface area contributed by atoms with Gasteiger partial charge in [-0.25, -0.2) is 4.79 Å². The van der Waals surface area contributed by atoms with E-state index >= 15 is 0 Å². The summed E-state index contributed by atoms with van der Waals surface area (Å²) in [5, 5.41) is 0. The molecule has 0 aliphatic rings. The maximum absolute atomic E-state index is 12.1. The largest absolute Gasteiger partial charge is 0.489 e. The Morgan fingerprint density at radius 3 is 2.20 bits per heavy atom. The van der Waals surface area contributed by atoms with E-state index < -0.39 is 0 Å². The Balaban J connectivity index is 1.54. The fourth-order valence-corrected chi connectivity index (χ4v) is 2.67. The highest BCUT2D eigenvalue weighted by Crippen LogP contribution is 2.18. The molecule has 0 unspecified atom stereocenters. The average molecular weight is 397 g/mol. The van der Waals surface area contributed by atoms with E-state index in [4.69, 9.17) is 9.47 Å². The van der Waals surface area contributed by atoms with Gasteiger partial charge in [0.1, 0.15) is 19.0 Å². The van der Waals surface area contributed by atoms with Crippen LogP contribution >= 0.6 is 15.9 Å². The van der Waals surface area contributed by atoms with Gasteiger partial charge in [0.15, 0.2) is 0 Å². The molecule has 0 radical (unpaired) electrons. The van der Waals surface area contributed by atoms with Crippen LogP contribution in [0.2, 0.25) is 0 Å². The topological polar surface area (TPSA) is 35.5 Å². The molecule has 4 heteroatoms. The Hall–Kier alpha value is -2.59. The summed E-state index contributed by atoms with van der Waals surface area (Å²) >= 11 is 3.44. The molecule has 0 aromatic heterocycles. The molecule has 0 saturated heterocycles. The number of benzene rings is 3. The lowest BCUT2D eigenvalue weighted by molar-refractivity contribution is 0.0472. The van der Waals surface area contributed by atoms with Crippen molar-refractivity contribution in [1.82, 2.24) is 0 Å². The van der Waals surface area contributed by atoms with Crippen LogP contribution in [0.5, 0.6) is 5.75 Å². The standard InChI is InChI=1S/C21H17BrO3/c22-20-9-5-4-8-18(20)15-25-21(23)17-10-12-19(13-11-17)24-14-16-6-2-1-3-7-16/h1-13H,14-15H2. The third-order valence-electron chi connectivity index (χ3n) is 3.65. The van der Waals surface area contributed by atoms with Gasteiger partial charge in [0, 0.05) is 10.0 Å². The monoisotopic (exact) mass is 396 g/mol. The third-order valence-corrected chi connectivity index (χ3v) is 4.43. The van der Waals surface area contributed by atoms with Crippen LogP contribution in [0, 0.1) is 0 Å². The van der Waals surface area contributed by atoms with Crippen LogP contribution in [0.15, 0.2) is 83.3 Å². The lowest BCUT2D eigenvalue weighted by Crippen LogP contribution is -2.05. The fourth-order valence-electron chi connectivity index (χ4n) is 2.27. The van der Waals surface area contributed by atoms with Crippen LogP contribution in [-0.4, -0.2) is 5.97 Å². The van der Waals surface area contributed by atoms with Crippen LogP contribution in [0.4, 0.5) is 0 Å². The van der Waals surface area contributed by atoms with E-state index in [1.807, 2.05) is 54.6 Å². The van der Waals surface area contributed by atoms with Gasteiger partial charge in [-0.2, -0.15) is 0 Å². The molecule has 3 aromatic rings. The van der Waals surface area contributed by atoms with E-state index in [2.05, 4.69) is 15.9 Å². The van der Waals surface area contributed by atoms with Gasteiger partial charge >= 0.3 is 5.97 Å². The first kappa shape index (κ1) is 17.2. The maximum Gasteiger partial charge on any atom is 0.338 e. The zero-order valence-corrected chi connectivity index (χ0v) is 15.1. The lowest BCUT2D eigenvalue weighted by atomic mass is 10.2. The second-order valence-electron chi connectivity index (χ2n) is 5.47. The lowest BCUT2D eigenvalue weighted by Gasteiger charge is -2.08.